The molecule has 0 aliphatic carbocycles. The van der Waals surface area contributed by atoms with Crippen LogP contribution in [0.2, 0.25) is 0 Å². The molecule has 7 heteroatoms. The number of aromatic nitrogens is 3. The van der Waals surface area contributed by atoms with Gasteiger partial charge in [0.1, 0.15) is 11.5 Å². The van der Waals surface area contributed by atoms with Crippen molar-refractivity contribution >= 4 is 5.91 Å². The minimum Gasteiger partial charge on any atom is -0.361 e. The van der Waals surface area contributed by atoms with Crippen molar-refractivity contribution in [1.82, 2.24) is 24.7 Å². The van der Waals surface area contributed by atoms with E-state index in [0.717, 1.165) is 49.7 Å². The van der Waals surface area contributed by atoms with Crippen molar-refractivity contribution in [3.05, 3.63) is 34.5 Å². The van der Waals surface area contributed by atoms with Crippen LogP contribution in [0.3, 0.4) is 0 Å². The lowest BCUT2D eigenvalue weighted by atomic mass is 9.94. The second-order valence-electron chi connectivity index (χ2n) is 7.85. The minimum absolute atomic E-state index is 0.113. The highest BCUT2D eigenvalue weighted by molar-refractivity contribution is 5.93. The van der Waals surface area contributed by atoms with Crippen molar-refractivity contribution < 1.29 is 9.32 Å². The number of hydrogen-bond acceptors (Lipinski definition) is 5. The van der Waals surface area contributed by atoms with Gasteiger partial charge in [-0.1, -0.05) is 5.16 Å². The maximum atomic E-state index is 13.1. The molecule has 3 saturated heterocycles. The monoisotopic (exact) mass is 357 g/mol. The van der Waals surface area contributed by atoms with Crippen LogP contribution in [-0.2, 0) is 13.6 Å². The van der Waals surface area contributed by atoms with Crippen molar-refractivity contribution in [2.24, 2.45) is 13.0 Å². The summed E-state index contributed by atoms with van der Waals surface area (Å²) in [5.41, 5.74) is 3.73. The molecule has 0 N–H and O–H groups in total. The Morgan fingerprint density at radius 3 is 2.69 bits per heavy atom. The zero-order valence-electron chi connectivity index (χ0n) is 16.0. The molecule has 140 valence electrons. The first kappa shape index (κ1) is 17.3. The minimum atomic E-state index is 0.113. The lowest BCUT2D eigenvalue weighted by molar-refractivity contribution is 0.0573. The maximum Gasteiger partial charge on any atom is 0.272 e. The number of hydrogen-bond donors (Lipinski definition) is 0. The van der Waals surface area contributed by atoms with E-state index in [4.69, 9.17) is 4.52 Å². The third-order valence-electron chi connectivity index (χ3n) is 5.83. The van der Waals surface area contributed by atoms with Crippen LogP contribution in [0.25, 0.3) is 0 Å². The Labute approximate surface area is 153 Å². The second-order valence-corrected chi connectivity index (χ2v) is 7.85. The summed E-state index contributed by atoms with van der Waals surface area (Å²) in [4.78, 5) is 17.7. The Morgan fingerprint density at radius 2 is 2.04 bits per heavy atom. The molecule has 0 aromatic carbocycles. The molecule has 2 atom stereocenters. The van der Waals surface area contributed by atoms with E-state index < -0.39 is 0 Å². The molecule has 5 rings (SSSR count). The van der Waals surface area contributed by atoms with Crippen LogP contribution >= 0.6 is 0 Å². The van der Waals surface area contributed by atoms with Gasteiger partial charge in [0, 0.05) is 44.8 Å². The van der Waals surface area contributed by atoms with E-state index in [1.807, 2.05) is 33.9 Å². The number of carbonyl (C=O) groups is 1. The molecule has 2 aromatic rings. The topological polar surface area (TPSA) is 67.4 Å². The van der Waals surface area contributed by atoms with E-state index in [1.165, 1.54) is 12.0 Å². The van der Waals surface area contributed by atoms with E-state index in [2.05, 4.69) is 20.1 Å². The highest BCUT2D eigenvalue weighted by atomic mass is 16.5. The molecule has 2 aromatic heterocycles. The standard InChI is InChI=1S/C19H27N5O2/c1-12-7-18(22(4)20-12)19(25)24-9-15-5-6-16(24)10-23(8-15)11-17-13(2)21-26-14(17)3/h7,15-16H,5-6,8-11H2,1-4H3. The molecule has 3 fully saturated rings. The number of piperidine rings is 1. The predicted octanol–water partition coefficient (Wildman–Crippen LogP) is 2.07. The Balaban J connectivity index is 1.53. The fraction of sp³-hybridized carbons (Fsp3) is 0.632. The third kappa shape index (κ3) is 3.05. The van der Waals surface area contributed by atoms with Crippen molar-refractivity contribution in [1.29, 1.82) is 0 Å². The van der Waals surface area contributed by atoms with Crippen LogP contribution < -0.4 is 0 Å². The van der Waals surface area contributed by atoms with Crippen LogP contribution in [0.1, 0.15) is 46.0 Å². The lowest BCUT2D eigenvalue weighted by Crippen LogP contribution is -2.47. The summed E-state index contributed by atoms with van der Waals surface area (Å²) >= 11 is 0. The maximum absolute atomic E-state index is 13.1. The number of nitrogens with zero attached hydrogens (tertiary/aromatic N) is 5. The Bertz CT molecular complexity index is 805. The molecule has 7 nitrogen and oxygen atoms in total. The number of carbonyl (C=O) groups excluding carboxylic acids is 1. The Kier molecular flexibility index (Phi) is 4.34. The Hall–Kier alpha value is -2.15. The van der Waals surface area contributed by atoms with Crippen molar-refractivity contribution in [3.8, 4) is 0 Å². The number of rotatable bonds is 3. The van der Waals surface area contributed by atoms with Crippen LogP contribution in [0.5, 0.6) is 0 Å². The van der Waals surface area contributed by atoms with Crippen molar-refractivity contribution in [2.75, 3.05) is 19.6 Å². The number of amides is 1. The molecule has 0 spiro atoms. The molecular weight excluding hydrogens is 330 g/mol. The molecule has 26 heavy (non-hydrogen) atoms. The van der Waals surface area contributed by atoms with Gasteiger partial charge in [0.25, 0.3) is 5.91 Å². The number of aryl methyl sites for hydroxylation is 4. The summed E-state index contributed by atoms with van der Waals surface area (Å²) in [5, 5.41) is 8.42. The van der Waals surface area contributed by atoms with E-state index in [0.29, 0.717) is 11.6 Å². The summed E-state index contributed by atoms with van der Waals surface area (Å²) in [5.74, 6) is 1.53. The number of fused-ring (bicyclic) bond motifs is 4. The average Bonchev–Trinajstić information content (AvgIpc) is 2.96. The fourth-order valence-electron chi connectivity index (χ4n) is 4.47. The average molecular weight is 357 g/mol. The van der Waals surface area contributed by atoms with Crippen molar-refractivity contribution in [2.45, 2.75) is 46.2 Å². The quantitative estimate of drug-likeness (QED) is 0.841. The lowest BCUT2D eigenvalue weighted by Gasteiger charge is -2.36. The largest absolute Gasteiger partial charge is 0.361 e. The van der Waals surface area contributed by atoms with E-state index >= 15 is 0 Å². The summed E-state index contributed by atoms with van der Waals surface area (Å²) < 4.78 is 7.03. The predicted molar refractivity (Wildman–Crippen MR) is 96.7 cm³/mol. The normalized spacial score (nSPS) is 23.5. The van der Waals surface area contributed by atoms with Crippen LogP contribution in [0.15, 0.2) is 10.6 Å². The molecule has 2 unspecified atom stereocenters. The Morgan fingerprint density at radius 1 is 1.23 bits per heavy atom. The van der Waals surface area contributed by atoms with Crippen LogP contribution in [0, 0.1) is 26.7 Å². The zero-order valence-corrected chi connectivity index (χ0v) is 16.0. The summed E-state index contributed by atoms with van der Waals surface area (Å²) in [6.07, 6.45) is 2.27. The fourth-order valence-corrected chi connectivity index (χ4v) is 4.47. The first-order valence-corrected chi connectivity index (χ1v) is 9.38. The SMILES string of the molecule is Cc1cc(C(=O)N2CC3CCC2CN(Cc2c(C)noc2C)C3)n(C)n1. The molecule has 5 heterocycles. The van der Waals surface area contributed by atoms with Gasteiger partial charge in [0.2, 0.25) is 0 Å². The van der Waals surface area contributed by atoms with Crippen LogP contribution in [0.4, 0.5) is 0 Å². The van der Waals surface area contributed by atoms with Crippen LogP contribution in [-0.4, -0.2) is 56.3 Å². The molecule has 0 radical (unpaired) electrons. The van der Waals surface area contributed by atoms with Gasteiger partial charge in [-0.05, 0) is 45.6 Å². The zero-order chi connectivity index (χ0) is 18.4. The van der Waals surface area contributed by atoms with Gasteiger partial charge in [0.15, 0.2) is 0 Å². The molecule has 1 amide bonds. The smallest absolute Gasteiger partial charge is 0.272 e. The molecule has 3 aliphatic rings. The summed E-state index contributed by atoms with van der Waals surface area (Å²) in [7, 11) is 1.85. The van der Waals surface area contributed by atoms with E-state index in [9.17, 15) is 4.79 Å². The first-order valence-electron chi connectivity index (χ1n) is 9.38. The molecular formula is C19H27N5O2. The van der Waals surface area contributed by atoms with Gasteiger partial charge in [-0.3, -0.25) is 14.4 Å². The van der Waals surface area contributed by atoms with Gasteiger partial charge in [0.05, 0.1) is 11.4 Å². The van der Waals surface area contributed by atoms with Crippen molar-refractivity contribution in [3.63, 3.8) is 0 Å². The van der Waals surface area contributed by atoms with E-state index in [1.54, 1.807) is 4.68 Å². The third-order valence-corrected chi connectivity index (χ3v) is 5.83. The summed E-state index contributed by atoms with van der Waals surface area (Å²) in [6, 6.07) is 2.15. The van der Waals surface area contributed by atoms with Gasteiger partial charge in [-0.2, -0.15) is 5.10 Å². The second kappa shape index (κ2) is 6.54. The van der Waals surface area contributed by atoms with Gasteiger partial charge in [-0.15, -0.1) is 0 Å². The van der Waals surface area contributed by atoms with E-state index in [-0.39, 0.29) is 11.9 Å². The molecule has 0 saturated carbocycles. The first-order chi connectivity index (χ1) is 12.4. The molecule has 2 bridgehead atoms. The van der Waals surface area contributed by atoms with Gasteiger partial charge in [-0.25, -0.2) is 0 Å². The molecule has 3 aliphatic heterocycles. The van der Waals surface area contributed by atoms with Gasteiger partial charge < -0.3 is 9.42 Å². The highest BCUT2D eigenvalue weighted by Crippen LogP contribution is 2.30. The summed E-state index contributed by atoms with van der Waals surface area (Å²) in [6.45, 7) is 9.52. The van der Waals surface area contributed by atoms with Gasteiger partial charge >= 0.3 is 0 Å². The highest BCUT2D eigenvalue weighted by Gasteiger charge is 2.38.